The predicted octanol–water partition coefficient (Wildman–Crippen LogP) is 1.04. The molecule has 17 heavy (non-hydrogen) atoms. The monoisotopic (exact) mass is 236 g/mol. The number of tetrazole rings is 1. The van der Waals surface area contributed by atoms with Gasteiger partial charge in [-0.3, -0.25) is 4.79 Å². The van der Waals surface area contributed by atoms with Crippen LogP contribution in [0.3, 0.4) is 0 Å². The van der Waals surface area contributed by atoms with Crippen LogP contribution >= 0.6 is 0 Å². The molecule has 0 aliphatic heterocycles. The molecule has 0 radical (unpaired) electrons. The summed E-state index contributed by atoms with van der Waals surface area (Å²) in [6, 6.07) is 3.50. The summed E-state index contributed by atoms with van der Waals surface area (Å²) in [4.78, 5) is 10.6. The summed E-state index contributed by atoms with van der Waals surface area (Å²) >= 11 is 0. The van der Waals surface area contributed by atoms with Gasteiger partial charge < -0.3 is 9.52 Å². The average molecular weight is 236 g/mol. The second-order valence-corrected chi connectivity index (χ2v) is 3.86. The van der Waals surface area contributed by atoms with E-state index in [2.05, 4.69) is 15.5 Å². The summed E-state index contributed by atoms with van der Waals surface area (Å²) in [5.41, 5.74) is 0. The molecule has 0 saturated carbocycles. The fourth-order valence-corrected chi connectivity index (χ4v) is 1.57. The van der Waals surface area contributed by atoms with Crippen molar-refractivity contribution in [3.8, 4) is 11.6 Å². The van der Waals surface area contributed by atoms with E-state index in [-0.39, 0.29) is 12.3 Å². The molecule has 0 fully saturated rings. The van der Waals surface area contributed by atoms with Gasteiger partial charge in [0.25, 0.3) is 0 Å². The Morgan fingerprint density at radius 3 is 3.12 bits per heavy atom. The number of nitrogens with zero attached hydrogens (tertiary/aromatic N) is 4. The van der Waals surface area contributed by atoms with Gasteiger partial charge in [-0.1, -0.05) is 6.92 Å². The highest BCUT2D eigenvalue weighted by atomic mass is 16.4. The molecule has 7 heteroatoms. The van der Waals surface area contributed by atoms with Crippen molar-refractivity contribution in [3.63, 3.8) is 0 Å². The molecule has 0 aliphatic rings. The third-order valence-corrected chi connectivity index (χ3v) is 2.28. The summed E-state index contributed by atoms with van der Waals surface area (Å²) in [6.07, 6.45) is 1.62. The summed E-state index contributed by atoms with van der Waals surface area (Å²) in [5, 5.41) is 19.9. The van der Waals surface area contributed by atoms with Crippen LogP contribution in [0.25, 0.3) is 11.6 Å². The number of hydrogen-bond acceptors (Lipinski definition) is 5. The molecule has 2 heterocycles. The van der Waals surface area contributed by atoms with Crippen LogP contribution < -0.4 is 0 Å². The molecular formula is C10H12N4O3. The van der Waals surface area contributed by atoms with E-state index in [0.29, 0.717) is 18.1 Å². The number of aromatic nitrogens is 4. The van der Waals surface area contributed by atoms with Crippen LogP contribution in [0, 0.1) is 5.92 Å². The van der Waals surface area contributed by atoms with E-state index in [1.165, 1.54) is 6.26 Å². The summed E-state index contributed by atoms with van der Waals surface area (Å²) in [7, 11) is 0. The van der Waals surface area contributed by atoms with Crippen molar-refractivity contribution in [2.75, 3.05) is 0 Å². The van der Waals surface area contributed by atoms with Crippen molar-refractivity contribution in [1.29, 1.82) is 0 Å². The molecular weight excluding hydrogens is 224 g/mol. The normalized spacial score (nSPS) is 12.5. The van der Waals surface area contributed by atoms with Crippen LogP contribution in [-0.4, -0.2) is 31.3 Å². The Labute approximate surface area is 97.0 Å². The lowest BCUT2D eigenvalue weighted by Crippen LogP contribution is -2.14. The zero-order valence-corrected chi connectivity index (χ0v) is 9.28. The zero-order chi connectivity index (χ0) is 12.3. The van der Waals surface area contributed by atoms with Gasteiger partial charge >= 0.3 is 5.97 Å². The Hall–Kier alpha value is -2.18. The summed E-state index contributed by atoms with van der Waals surface area (Å²) < 4.78 is 6.75. The van der Waals surface area contributed by atoms with Gasteiger partial charge in [0.15, 0.2) is 5.76 Å². The Balaban J connectivity index is 2.12. The Morgan fingerprint density at radius 1 is 1.65 bits per heavy atom. The van der Waals surface area contributed by atoms with Gasteiger partial charge in [0.05, 0.1) is 6.26 Å². The smallest absolute Gasteiger partial charge is 0.303 e. The van der Waals surface area contributed by atoms with Gasteiger partial charge in [0, 0.05) is 13.0 Å². The molecule has 0 saturated heterocycles. The quantitative estimate of drug-likeness (QED) is 0.833. The molecule has 90 valence electrons. The topological polar surface area (TPSA) is 94.0 Å². The first-order valence-electron chi connectivity index (χ1n) is 5.18. The molecule has 2 aromatic rings. The predicted molar refractivity (Wildman–Crippen MR) is 56.9 cm³/mol. The zero-order valence-electron chi connectivity index (χ0n) is 9.28. The van der Waals surface area contributed by atoms with Crippen molar-refractivity contribution in [1.82, 2.24) is 20.2 Å². The fourth-order valence-electron chi connectivity index (χ4n) is 1.57. The third-order valence-electron chi connectivity index (χ3n) is 2.28. The Morgan fingerprint density at radius 2 is 2.47 bits per heavy atom. The first-order valence-corrected chi connectivity index (χ1v) is 5.18. The lowest BCUT2D eigenvalue weighted by atomic mass is 10.1. The second-order valence-electron chi connectivity index (χ2n) is 3.86. The molecule has 1 unspecified atom stereocenters. The van der Waals surface area contributed by atoms with Gasteiger partial charge in [0.2, 0.25) is 5.82 Å². The summed E-state index contributed by atoms with van der Waals surface area (Å²) in [5.74, 6) is 0.194. The number of aliphatic carboxylic acids is 1. The van der Waals surface area contributed by atoms with E-state index >= 15 is 0 Å². The molecule has 0 aromatic carbocycles. The molecule has 1 atom stereocenters. The number of hydrogen-bond donors (Lipinski definition) is 1. The molecule has 1 N–H and O–H groups in total. The molecule has 7 nitrogen and oxygen atoms in total. The number of furan rings is 1. The van der Waals surface area contributed by atoms with E-state index in [0.717, 1.165) is 0 Å². The third kappa shape index (κ3) is 2.68. The van der Waals surface area contributed by atoms with Crippen molar-refractivity contribution in [2.45, 2.75) is 19.9 Å². The minimum absolute atomic E-state index is 0.0512. The highest BCUT2D eigenvalue weighted by Gasteiger charge is 2.15. The van der Waals surface area contributed by atoms with E-state index in [1.807, 2.05) is 6.92 Å². The molecule has 0 aliphatic carbocycles. The number of carboxylic acid groups (broad SMARTS) is 1. The van der Waals surface area contributed by atoms with Crippen molar-refractivity contribution in [2.24, 2.45) is 5.92 Å². The fraction of sp³-hybridized carbons (Fsp3) is 0.400. The molecule has 2 rings (SSSR count). The number of carboxylic acids is 1. The maximum absolute atomic E-state index is 10.6. The van der Waals surface area contributed by atoms with Crippen LogP contribution in [0.2, 0.25) is 0 Å². The van der Waals surface area contributed by atoms with Crippen LogP contribution in [0.5, 0.6) is 0 Å². The second kappa shape index (κ2) is 4.77. The Kier molecular flexibility index (Phi) is 3.17. The minimum atomic E-state index is -0.829. The highest BCUT2D eigenvalue weighted by Crippen LogP contribution is 2.17. The molecule has 0 spiro atoms. The van der Waals surface area contributed by atoms with E-state index in [9.17, 15) is 4.79 Å². The van der Waals surface area contributed by atoms with Gasteiger partial charge in [-0.05, 0) is 28.5 Å². The average Bonchev–Trinajstić information content (AvgIpc) is 2.84. The maximum atomic E-state index is 10.6. The SMILES string of the molecule is CC(CC(=O)O)Cn1nnnc1-c1ccco1. The van der Waals surface area contributed by atoms with Crippen LogP contribution in [0.1, 0.15) is 13.3 Å². The Bertz CT molecular complexity index is 491. The molecule has 0 amide bonds. The standard InChI is InChI=1S/C10H12N4O3/c1-7(5-9(15)16)6-14-10(11-12-13-14)8-3-2-4-17-8/h2-4,7H,5-6H2,1H3,(H,15,16). The number of carbonyl (C=O) groups is 1. The molecule has 2 aromatic heterocycles. The van der Waals surface area contributed by atoms with Gasteiger partial charge in [-0.15, -0.1) is 5.10 Å². The summed E-state index contributed by atoms with van der Waals surface area (Å²) in [6.45, 7) is 2.27. The van der Waals surface area contributed by atoms with Gasteiger partial charge in [0.1, 0.15) is 0 Å². The largest absolute Gasteiger partial charge is 0.481 e. The minimum Gasteiger partial charge on any atom is -0.481 e. The first-order chi connectivity index (χ1) is 8.16. The van der Waals surface area contributed by atoms with E-state index < -0.39 is 5.97 Å². The van der Waals surface area contributed by atoms with Crippen molar-refractivity contribution in [3.05, 3.63) is 18.4 Å². The molecule has 0 bridgehead atoms. The van der Waals surface area contributed by atoms with Crippen LogP contribution in [-0.2, 0) is 11.3 Å². The van der Waals surface area contributed by atoms with Gasteiger partial charge in [-0.2, -0.15) is 0 Å². The maximum Gasteiger partial charge on any atom is 0.303 e. The lowest BCUT2D eigenvalue weighted by molar-refractivity contribution is -0.138. The van der Waals surface area contributed by atoms with E-state index in [4.69, 9.17) is 9.52 Å². The first kappa shape index (κ1) is 11.3. The number of rotatable bonds is 5. The lowest BCUT2D eigenvalue weighted by Gasteiger charge is -2.08. The van der Waals surface area contributed by atoms with Gasteiger partial charge in [-0.25, -0.2) is 4.68 Å². The van der Waals surface area contributed by atoms with Crippen molar-refractivity contribution < 1.29 is 14.3 Å². The highest BCUT2D eigenvalue weighted by molar-refractivity contribution is 5.66. The van der Waals surface area contributed by atoms with Crippen LogP contribution in [0.15, 0.2) is 22.8 Å². The van der Waals surface area contributed by atoms with E-state index in [1.54, 1.807) is 16.8 Å². The van der Waals surface area contributed by atoms with Crippen LogP contribution in [0.4, 0.5) is 0 Å². The van der Waals surface area contributed by atoms with Crippen molar-refractivity contribution >= 4 is 5.97 Å².